The zero-order valence-electron chi connectivity index (χ0n) is 13.3. The largest absolute Gasteiger partial charge is 0.438 e. The van der Waals surface area contributed by atoms with Crippen LogP contribution in [0.5, 0.6) is 0 Å². The summed E-state index contributed by atoms with van der Waals surface area (Å²) in [7, 11) is 0. The molecule has 6 nitrogen and oxygen atoms in total. The molecule has 116 valence electrons. The molecule has 0 aromatic carbocycles. The molecule has 0 rings (SSSR count). The lowest BCUT2D eigenvalue weighted by molar-refractivity contribution is -0.148. The number of ether oxygens (including phenoxy) is 2. The second kappa shape index (κ2) is 7.97. The first-order valence-electron chi connectivity index (χ1n) is 6.83. The molecule has 0 N–H and O–H groups in total. The van der Waals surface area contributed by atoms with E-state index < -0.39 is 11.4 Å². The van der Waals surface area contributed by atoms with Gasteiger partial charge in [-0.2, -0.15) is 0 Å². The lowest BCUT2D eigenvalue weighted by atomic mass is 10.0. The molecule has 0 aliphatic rings. The van der Waals surface area contributed by atoms with E-state index in [1.165, 1.54) is 0 Å². The van der Waals surface area contributed by atoms with Gasteiger partial charge in [-0.25, -0.2) is 0 Å². The van der Waals surface area contributed by atoms with Crippen LogP contribution in [0.4, 0.5) is 0 Å². The zero-order chi connectivity index (χ0) is 15.8. The molecule has 6 heteroatoms. The van der Waals surface area contributed by atoms with Crippen LogP contribution in [0.2, 0.25) is 0 Å². The van der Waals surface area contributed by atoms with Gasteiger partial charge in [-0.15, -0.1) is 10.2 Å². The van der Waals surface area contributed by atoms with Gasteiger partial charge < -0.3 is 9.47 Å². The Bertz CT molecular complexity index is 312. The molecule has 2 unspecified atom stereocenters. The van der Waals surface area contributed by atoms with Crippen molar-refractivity contribution < 1.29 is 19.1 Å². The summed E-state index contributed by atoms with van der Waals surface area (Å²) in [6, 6.07) is 0. The van der Waals surface area contributed by atoms with Gasteiger partial charge in [0.1, 0.15) is 0 Å². The molecule has 0 amide bonds. The van der Waals surface area contributed by atoms with E-state index in [1.54, 1.807) is 13.8 Å². The molecule has 2 atom stereocenters. The van der Waals surface area contributed by atoms with Crippen molar-refractivity contribution in [3.63, 3.8) is 0 Å². The van der Waals surface area contributed by atoms with Gasteiger partial charge >= 0.3 is 0 Å². The Morgan fingerprint density at radius 1 is 0.850 bits per heavy atom. The Kier molecular flexibility index (Phi) is 7.39. The molecule has 0 spiro atoms. The fourth-order valence-corrected chi connectivity index (χ4v) is 2.16. The van der Waals surface area contributed by atoms with Crippen LogP contribution in [0.3, 0.4) is 0 Å². The maximum atomic E-state index is 10.6. The smallest absolute Gasteiger partial charge is 0.295 e. The summed E-state index contributed by atoms with van der Waals surface area (Å²) in [5.41, 5.74) is -2.08. The first-order chi connectivity index (χ1) is 9.16. The fraction of sp³-hybridized carbons (Fsp3) is 0.857. The minimum Gasteiger partial charge on any atom is -0.438 e. The molecule has 0 saturated carbocycles. The van der Waals surface area contributed by atoms with Crippen LogP contribution in [0.25, 0.3) is 0 Å². The highest BCUT2D eigenvalue weighted by atomic mass is 16.6. The van der Waals surface area contributed by atoms with Gasteiger partial charge in [0.2, 0.25) is 11.4 Å². The van der Waals surface area contributed by atoms with Crippen molar-refractivity contribution in [3.05, 3.63) is 0 Å². The summed E-state index contributed by atoms with van der Waals surface area (Å²) in [6.45, 7) is 12.1. The average Bonchev–Trinajstić information content (AvgIpc) is 2.25. The molecule has 0 aliphatic carbocycles. The van der Waals surface area contributed by atoms with E-state index in [4.69, 9.17) is 9.47 Å². The van der Waals surface area contributed by atoms with Gasteiger partial charge in [-0.3, -0.25) is 9.59 Å². The summed E-state index contributed by atoms with van der Waals surface area (Å²) >= 11 is 0. The SMILES string of the molecule is CC(C)CC(C)(N=NC(C)(CC(C)C)OC=O)OC=O. The minimum atomic E-state index is -1.04. The molecule has 0 fully saturated rings. The molecule has 0 aliphatic heterocycles. The monoisotopic (exact) mass is 286 g/mol. The third kappa shape index (κ3) is 7.21. The molecular formula is C14H26N2O4. The van der Waals surface area contributed by atoms with Crippen molar-refractivity contribution in [3.8, 4) is 0 Å². The Balaban J connectivity index is 5.11. The summed E-state index contributed by atoms with van der Waals surface area (Å²) in [4.78, 5) is 21.2. The highest BCUT2D eigenvalue weighted by molar-refractivity contribution is 5.38. The third-order valence-corrected chi connectivity index (χ3v) is 2.65. The standard InChI is InChI=1S/C14H26N2O4/c1-11(2)7-13(5,19-9-17)15-16-14(6,20-10-18)8-12(3)4/h9-12H,7-8H2,1-6H3. The lowest BCUT2D eigenvalue weighted by Crippen LogP contribution is -2.32. The van der Waals surface area contributed by atoms with E-state index in [0.717, 1.165) is 0 Å². The van der Waals surface area contributed by atoms with E-state index in [-0.39, 0.29) is 11.8 Å². The summed E-state index contributed by atoms with van der Waals surface area (Å²) in [5.74, 6) is 0.560. The summed E-state index contributed by atoms with van der Waals surface area (Å²) in [6.07, 6.45) is 1.07. The number of hydrogen-bond donors (Lipinski definition) is 0. The molecule has 0 saturated heterocycles. The molecule has 0 aromatic heterocycles. The van der Waals surface area contributed by atoms with E-state index in [1.807, 2.05) is 27.7 Å². The topological polar surface area (TPSA) is 77.3 Å². The number of nitrogens with zero attached hydrogens (tertiary/aromatic N) is 2. The van der Waals surface area contributed by atoms with E-state index in [9.17, 15) is 9.59 Å². The second-order valence-electron chi connectivity index (χ2n) is 6.17. The van der Waals surface area contributed by atoms with Gasteiger partial charge in [-0.1, -0.05) is 27.7 Å². The Morgan fingerprint density at radius 3 is 1.35 bits per heavy atom. The van der Waals surface area contributed by atoms with Gasteiger partial charge in [0, 0.05) is 12.8 Å². The van der Waals surface area contributed by atoms with Crippen LogP contribution in [0.15, 0.2) is 10.2 Å². The average molecular weight is 286 g/mol. The first kappa shape index (κ1) is 18.5. The van der Waals surface area contributed by atoms with Gasteiger partial charge in [0.15, 0.2) is 0 Å². The quantitative estimate of drug-likeness (QED) is 0.456. The number of carbonyl (C=O) groups is 2. The molecule has 0 aromatic rings. The highest BCUT2D eigenvalue weighted by Crippen LogP contribution is 2.27. The van der Waals surface area contributed by atoms with Crippen LogP contribution in [0, 0.1) is 11.8 Å². The van der Waals surface area contributed by atoms with Crippen LogP contribution >= 0.6 is 0 Å². The van der Waals surface area contributed by atoms with E-state index in [2.05, 4.69) is 10.2 Å². The normalized spacial score (nSPS) is 17.8. The van der Waals surface area contributed by atoms with Crippen molar-refractivity contribution in [2.45, 2.75) is 65.8 Å². The van der Waals surface area contributed by atoms with Gasteiger partial charge in [-0.05, 0) is 25.7 Å². The van der Waals surface area contributed by atoms with Crippen LogP contribution in [-0.4, -0.2) is 24.4 Å². The van der Waals surface area contributed by atoms with Crippen LogP contribution in [0.1, 0.15) is 54.4 Å². The van der Waals surface area contributed by atoms with Crippen molar-refractivity contribution in [1.29, 1.82) is 0 Å². The van der Waals surface area contributed by atoms with E-state index in [0.29, 0.717) is 25.8 Å². The lowest BCUT2D eigenvalue weighted by Gasteiger charge is -2.28. The van der Waals surface area contributed by atoms with Crippen molar-refractivity contribution in [1.82, 2.24) is 0 Å². The molecule has 0 radical (unpaired) electrons. The maximum absolute atomic E-state index is 10.6. The third-order valence-electron chi connectivity index (χ3n) is 2.65. The van der Waals surface area contributed by atoms with E-state index >= 15 is 0 Å². The predicted molar refractivity (Wildman–Crippen MR) is 74.9 cm³/mol. The Labute approximate surface area is 120 Å². The van der Waals surface area contributed by atoms with Crippen LogP contribution in [-0.2, 0) is 19.1 Å². The molecular weight excluding hydrogens is 260 g/mol. The van der Waals surface area contributed by atoms with Gasteiger partial charge in [0.05, 0.1) is 0 Å². The number of azo groups is 1. The Morgan fingerprint density at radius 2 is 1.15 bits per heavy atom. The Hall–Kier alpha value is -1.46. The number of rotatable bonds is 10. The van der Waals surface area contributed by atoms with Gasteiger partial charge in [0.25, 0.3) is 12.9 Å². The zero-order valence-corrected chi connectivity index (χ0v) is 13.3. The molecule has 0 heterocycles. The fourth-order valence-electron chi connectivity index (χ4n) is 2.16. The summed E-state index contributed by atoms with van der Waals surface area (Å²) < 4.78 is 10.1. The van der Waals surface area contributed by atoms with Crippen molar-refractivity contribution in [2.75, 3.05) is 0 Å². The predicted octanol–water partition coefficient (Wildman–Crippen LogP) is 3.31. The highest BCUT2D eigenvalue weighted by Gasteiger charge is 2.31. The maximum Gasteiger partial charge on any atom is 0.295 e. The van der Waals surface area contributed by atoms with Crippen molar-refractivity contribution in [2.24, 2.45) is 22.1 Å². The number of hydrogen-bond acceptors (Lipinski definition) is 6. The molecule has 20 heavy (non-hydrogen) atoms. The van der Waals surface area contributed by atoms with Crippen LogP contribution < -0.4 is 0 Å². The second-order valence-corrected chi connectivity index (χ2v) is 6.17. The van der Waals surface area contributed by atoms with Crippen molar-refractivity contribution >= 4 is 12.9 Å². The minimum absolute atomic E-state index is 0.280. The molecule has 0 bridgehead atoms. The summed E-state index contributed by atoms with van der Waals surface area (Å²) in [5, 5.41) is 8.23. The first-order valence-corrected chi connectivity index (χ1v) is 6.83. The number of carbonyl (C=O) groups excluding carboxylic acids is 2.